The average Bonchev–Trinajstić information content (AvgIpc) is 2.27. The van der Waals surface area contributed by atoms with E-state index in [2.05, 4.69) is 0 Å². The first-order chi connectivity index (χ1) is 8.41. The van der Waals surface area contributed by atoms with Crippen molar-refractivity contribution >= 4 is 17.8 Å². The maximum absolute atomic E-state index is 11.6. The van der Waals surface area contributed by atoms with Crippen LogP contribution in [-0.2, 0) is 9.59 Å². The highest BCUT2D eigenvalue weighted by Gasteiger charge is 2.24. The summed E-state index contributed by atoms with van der Waals surface area (Å²) in [5, 5.41) is 28.7. The molecule has 0 aromatic heterocycles. The van der Waals surface area contributed by atoms with Crippen molar-refractivity contribution in [2.45, 2.75) is 12.5 Å². The van der Waals surface area contributed by atoms with Crippen molar-refractivity contribution in [1.82, 2.24) is 5.32 Å². The third-order valence-corrected chi connectivity index (χ3v) is 2.13. The van der Waals surface area contributed by atoms with Gasteiger partial charge in [-0.3, -0.25) is 9.59 Å². The van der Waals surface area contributed by atoms with Crippen LogP contribution in [-0.4, -0.2) is 39.2 Å². The molecule has 1 rings (SSSR count). The van der Waals surface area contributed by atoms with E-state index in [9.17, 15) is 19.5 Å². The minimum Gasteiger partial charge on any atom is -0.507 e. The Morgan fingerprint density at radius 3 is 2.28 bits per heavy atom. The van der Waals surface area contributed by atoms with E-state index in [1.165, 1.54) is 24.3 Å². The van der Waals surface area contributed by atoms with Crippen LogP contribution in [0.4, 0.5) is 0 Å². The summed E-state index contributed by atoms with van der Waals surface area (Å²) in [7, 11) is 0. The number of nitrogens with one attached hydrogen (secondary N) is 1. The van der Waals surface area contributed by atoms with Crippen LogP contribution in [0.5, 0.6) is 5.75 Å². The van der Waals surface area contributed by atoms with E-state index in [1.807, 2.05) is 5.32 Å². The zero-order valence-corrected chi connectivity index (χ0v) is 9.16. The van der Waals surface area contributed by atoms with Gasteiger partial charge < -0.3 is 20.6 Å². The van der Waals surface area contributed by atoms with E-state index >= 15 is 0 Å². The third kappa shape index (κ3) is 3.48. The van der Waals surface area contributed by atoms with Gasteiger partial charge in [0.05, 0.1) is 12.0 Å². The molecule has 0 spiro atoms. The zero-order valence-electron chi connectivity index (χ0n) is 9.16. The van der Waals surface area contributed by atoms with E-state index in [-0.39, 0.29) is 11.3 Å². The minimum absolute atomic E-state index is 0.117. The Labute approximate surface area is 102 Å². The number of hydrogen-bond acceptors (Lipinski definition) is 4. The highest BCUT2D eigenvalue weighted by Crippen LogP contribution is 2.15. The van der Waals surface area contributed by atoms with E-state index < -0.39 is 30.3 Å². The summed E-state index contributed by atoms with van der Waals surface area (Å²) in [5.74, 6) is -3.96. The van der Waals surface area contributed by atoms with E-state index in [4.69, 9.17) is 10.2 Å². The number of phenols is 1. The Morgan fingerprint density at radius 1 is 1.17 bits per heavy atom. The van der Waals surface area contributed by atoms with Crippen LogP contribution in [0.15, 0.2) is 24.3 Å². The number of para-hydroxylation sites is 1. The third-order valence-electron chi connectivity index (χ3n) is 2.13. The minimum atomic E-state index is -1.55. The second-order valence-electron chi connectivity index (χ2n) is 3.48. The molecule has 0 saturated carbocycles. The lowest BCUT2D eigenvalue weighted by Crippen LogP contribution is -2.42. The lowest BCUT2D eigenvalue weighted by Gasteiger charge is -2.12. The Hall–Kier alpha value is -2.57. The molecule has 0 aliphatic carbocycles. The summed E-state index contributed by atoms with van der Waals surface area (Å²) >= 11 is 0. The Bertz CT molecular complexity index is 484. The van der Waals surface area contributed by atoms with E-state index in [0.717, 1.165) is 0 Å². The van der Waals surface area contributed by atoms with Crippen molar-refractivity contribution in [3.05, 3.63) is 29.8 Å². The molecular formula is C11H11NO6. The molecule has 0 bridgehead atoms. The van der Waals surface area contributed by atoms with Gasteiger partial charge in [0.15, 0.2) is 0 Å². The van der Waals surface area contributed by atoms with Crippen molar-refractivity contribution in [2.24, 2.45) is 0 Å². The van der Waals surface area contributed by atoms with Crippen LogP contribution in [0.3, 0.4) is 0 Å². The number of hydrogen-bond donors (Lipinski definition) is 4. The number of amides is 1. The summed E-state index contributed by atoms with van der Waals surface area (Å²) in [6.45, 7) is 0. The van der Waals surface area contributed by atoms with Gasteiger partial charge in [0.25, 0.3) is 5.91 Å². The predicted octanol–water partition coefficient (Wildman–Crippen LogP) is 0.0499. The molecule has 0 saturated heterocycles. The Morgan fingerprint density at radius 2 is 1.78 bits per heavy atom. The van der Waals surface area contributed by atoms with Gasteiger partial charge in [-0.2, -0.15) is 0 Å². The molecule has 7 nitrogen and oxygen atoms in total. The van der Waals surface area contributed by atoms with Crippen LogP contribution in [0.25, 0.3) is 0 Å². The largest absolute Gasteiger partial charge is 0.507 e. The molecule has 0 aliphatic rings. The molecule has 1 amide bonds. The summed E-state index contributed by atoms with van der Waals surface area (Å²) in [6.07, 6.45) is -0.741. The maximum Gasteiger partial charge on any atom is 0.326 e. The fourth-order valence-electron chi connectivity index (χ4n) is 1.28. The van der Waals surface area contributed by atoms with Gasteiger partial charge in [-0.1, -0.05) is 12.1 Å². The molecule has 0 aliphatic heterocycles. The van der Waals surface area contributed by atoms with Crippen molar-refractivity contribution in [3.63, 3.8) is 0 Å². The van der Waals surface area contributed by atoms with Gasteiger partial charge in [-0.05, 0) is 12.1 Å². The second-order valence-corrected chi connectivity index (χ2v) is 3.48. The Kier molecular flexibility index (Phi) is 4.25. The molecule has 0 fully saturated rings. The first kappa shape index (κ1) is 13.5. The highest BCUT2D eigenvalue weighted by atomic mass is 16.4. The molecule has 0 unspecified atom stereocenters. The number of aromatic hydroxyl groups is 1. The number of carboxylic acid groups (broad SMARTS) is 2. The zero-order chi connectivity index (χ0) is 13.7. The first-order valence-corrected chi connectivity index (χ1v) is 4.95. The summed E-state index contributed by atoms with van der Waals surface area (Å²) in [6, 6.07) is 4.00. The average molecular weight is 253 g/mol. The molecule has 1 aromatic carbocycles. The van der Waals surface area contributed by atoms with Gasteiger partial charge in [-0.15, -0.1) is 0 Å². The second kappa shape index (κ2) is 5.67. The van der Waals surface area contributed by atoms with E-state index in [1.54, 1.807) is 0 Å². The quantitative estimate of drug-likeness (QED) is 0.587. The SMILES string of the molecule is O=C(O)C[C@H](NC(=O)c1ccccc1O)C(=O)O. The Balaban J connectivity index is 2.82. The van der Waals surface area contributed by atoms with Crippen LogP contribution in [0, 0.1) is 0 Å². The van der Waals surface area contributed by atoms with Gasteiger partial charge in [-0.25, -0.2) is 4.79 Å². The van der Waals surface area contributed by atoms with Crippen molar-refractivity contribution in [2.75, 3.05) is 0 Å². The number of carbonyl (C=O) groups excluding carboxylic acids is 1. The molecular weight excluding hydrogens is 242 g/mol. The number of rotatable bonds is 5. The standard InChI is InChI=1S/C11H11NO6/c13-8-4-2-1-3-6(8)10(16)12-7(11(17)18)5-9(14)15/h1-4,7,13H,5H2,(H,12,16)(H,14,15)(H,17,18)/t7-/m0/s1. The lowest BCUT2D eigenvalue weighted by molar-refractivity contribution is -0.145. The molecule has 96 valence electrons. The normalized spacial score (nSPS) is 11.6. The number of carboxylic acids is 2. The van der Waals surface area contributed by atoms with Crippen molar-refractivity contribution in [3.8, 4) is 5.75 Å². The number of benzene rings is 1. The van der Waals surface area contributed by atoms with Gasteiger partial charge in [0.2, 0.25) is 0 Å². The van der Waals surface area contributed by atoms with Gasteiger partial charge in [0.1, 0.15) is 11.8 Å². The summed E-state index contributed by atoms with van der Waals surface area (Å²) in [4.78, 5) is 32.8. The topological polar surface area (TPSA) is 124 Å². The van der Waals surface area contributed by atoms with Crippen molar-refractivity contribution < 1.29 is 29.7 Å². The molecule has 7 heteroatoms. The van der Waals surface area contributed by atoms with Gasteiger partial charge >= 0.3 is 11.9 Å². The first-order valence-electron chi connectivity index (χ1n) is 4.95. The summed E-state index contributed by atoms with van der Waals surface area (Å²) < 4.78 is 0. The van der Waals surface area contributed by atoms with Crippen LogP contribution in [0.1, 0.15) is 16.8 Å². The molecule has 1 atom stereocenters. The predicted molar refractivity (Wildman–Crippen MR) is 59.2 cm³/mol. The molecule has 0 radical (unpaired) electrons. The number of phenolic OH excluding ortho intramolecular Hbond substituents is 1. The number of carbonyl (C=O) groups is 3. The molecule has 0 heterocycles. The summed E-state index contributed by atoms with van der Waals surface area (Å²) in [5.41, 5.74) is -0.117. The van der Waals surface area contributed by atoms with Gasteiger partial charge in [0, 0.05) is 0 Å². The fourth-order valence-corrected chi connectivity index (χ4v) is 1.28. The number of aliphatic carboxylic acids is 2. The fraction of sp³-hybridized carbons (Fsp3) is 0.182. The van der Waals surface area contributed by atoms with E-state index in [0.29, 0.717) is 0 Å². The maximum atomic E-state index is 11.6. The molecule has 18 heavy (non-hydrogen) atoms. The van der Waals surface area contributed by atoms with Crippen LogP contribution in [0.2, 0.25) is 0 Å². The van der Waals surface area contributed by atoms with Crippen LogP contribution >= 0.6 is 0 Å². The molecule has 1 aromatic rings. The van der Waals surface area contributed by atoms with Crippen LogP contribution < -0.4 is 5.32 Å². The smallest absolute Gasteiger partial charge is 0.326 e. The highest BCUT2D eigenvalue weighted by molar-refractivity contribution is 5.99. The molecule has 4 N–H and O–H groups in total. The monoisotopic (exact) mass is 253 g/mol. The van der Waals surface area contributed by atoms with Crippen molar-refractivity contribution in [1.29, 1.82) is 0 Å². The lowest BCUT2D eigenvalue weighted by atomic mass is 10.1.